The molecule has 4 nitrogen and oxygen atoms in total. The first-order valence-corrected chi connectivity index (χ1v) is 6.19. The first-order chi connectivity index (χ1) is 8.66. The molecule has 1 aromatic heterocycles. The van der Waals surface area contributed by atoms with E-state index in [1.54, 1.807) is 12.1 Å². The van der Waals surface area contributed by atoms with Crippen molar-refractivity contribution in [3.05, 3.63) is 34.6 Å². The van der Waals surface area contributed by atoms with Crippen molar-refractivity contribution in [2.75, 3.05) is 0 Å². The normalized spacial score (nSPS) is 14.5. The molecule has 18 heavy (non-hydrogen) atoms. The fourth-order valence-corrected chi connectivity index (χ4v) is 2.49. The van der Waals surface area contributed by atoms with Crippen LogP contribution in [0.5, 0.6) is 0 Å². The SMILES string of the molecule is Cc1ccc(C(=O)O)c2nc3c(nc12)CCCC3. The summed E-state index contributed by atoms with van der Waals surface area (Å²) in [6.45, 7) is 1.94. The van der Waals surface area contributed by atoms with Crippen molar-refractivity contribution in [2.24, 2.45) is 0 Å². The predicted octanol–water partition coefficient (Wildman–Crippen LogP) is 2.52. The fourth-order valence-electron chi connectivity index (χ4n) is 2.49. The lowest BCUT2D eigenvalue weighted by molar-refractivity contribution is 0.0699. The van der Waals surface area contributed by atoms with Crippen LogP contribution in [0.15, 0.2) is 12.1 Å². The molecular formula is C14H14N2O2. The second kappa shape index (κ2) is 4.05. The van der Waals surface area contributed by atoms with Crippen molar-refractivity contribution >= 4 is 17.0 Å². The van der Waals surface area contributed by atoms with Crippen LogP contribution in [0.1, 0.15) is 40.2 Å². The Morgan fingerprint density at radius 3 is 2.33 bits per heavy atom. The van der Waals surface area contributed by atoms with E-state index in [0.717, 1.165) is 48.2 Å². The molecule has 1 N–H and O–H groups in total. The third kappa shape index (κ3) is 1.65. The van der Waals surface area contributed by atoms with Crippen LogP contribution in [-0.2, 0) is 12.8 Å². The zero-order chi connectivity index (χ0) is 12.7. The Bertz CT molecular complexity index is 650. The number of hydrogen-bond donors (Lipinski definition) is 1. The van der Waals surface area contributed by atoms with Crippen LogP contribution < -0.4 is 0 Å². The summed E-state index contributed by atoms with van der Waals surface area (Å²) in [5.74, 6) is -0.940. The Balaban J connectivity index is 2.35. The van der Waals surface area contributed by atoms with Gasteiger partial charge < -0.3 is 5.11 Å². The van der Waals surface area contributed by atoms with Gasteiger partial charge in [0.05, 0.1) is 22.5 Å². The zero-order valence-corrected chi connectivity index (χ0v) is 10.2. The molecule has 4 heteroatoms. The number of aromatic carboxylic acids is 1. The van der Waals surface area contributed by atoms with Crippen LogP contribution in [0.2, 0.25) is 0 Å². The lowest BCUT2D eigenvalue weighted by Crippen LogP contribution is -2.10. The molecule has 0 saturated heterocycles. The van der Waals surface area contributed by atoms with Crippen LogP contribution in [0, 0.1) is 6.92 Å². The predicted molar refractivity (Wildman–Crippen MR) is 67.9 cm³/mol. The molecule has 1 heterocycles. The molecule has 3 rings (SSSR count). The van der Waals surface area contributed by atoms with Crippen LogP contribution in [0.3, 0.4) is 0 Å². The van der Waals surface area contributed by atoms with Gasteiger partial charge in [-0.2, -0.15) is 0 Å². The van der Waals surface area contributed by atoms with Gasteiger partial charge in [0.25, 0.3) is 0 Å². The Kier molecular flexibility index (Phi) is 2.51. The smallest absolute Gasteiger partial charge is 0.337 e. The lowest BCUT2D eigenvalue weighted by atomic mass is 9.99. The molecular weight excluding hydrogens is 228 g/mol. The minimum absolute atomic E-state index is 0.247. The van der Waals surface area contributed by atoms with Crippen molar-refractivity contribution in [2.45, 2.75) is 32.6 Å². The minimum atomic E-state index is -0.940. The van der Waals surface area contributed by atoms with Gasteiger partial charge in [0.2, 0.25) is 0 Å². The molecule has 2 aromatic rings. The summed E-state index contributed by atoms with van der Waals surface area (Å²) >= 11 is 0. The van der Waals surface area contributed by atoms with Gasteiger partial charge in [-0.15, -0.1) is 0 Å². The van der Waals surface area contributed by atoms with Gasteiger partial charge in [0.15, 0.2) is 0 Å². The first kappa shape index (κ1) is 11.1. The van der Waals surface area contributed by atoms with Crippen molar-refractivity contribution in [1.82, 2.24) is 9.97 Å². The van der Waals surface area contributed by atoms with Gasteiger partial charge in [0, 0.05) is 0 Å². The average molecular weight is 242 g/mol. The van der Waals surface area contributed by atoms with E-state index in [1.165, 1.54) is 0 Å². The van der Waals surface area contributed by atoms with E-state index in [9.17, 15) is 9.90 Å². The number of rotatable bonds is 1. The van der Waals surface area contributed by atoms with Gasteiger partial charge in [0.1, 0.15) is 5.52 Å². The van der Waals surface area contributed by atoms with E-state index >= 15 is 0 Å². The van der Waals surface area contributed by atoms with Crippen molar-refractivity contribution in [3.8, 4) is 0 Å². The zero-order valence-electron chi connectivity index (χ0n) is 10.2. The Hall–Kier alpha value is -1.97. The van der Waals surface area contributed by atoms with E-state index in [-0.39, 0.29) is 5.56 Å². The number of benzene rings is 1. The molecule has 1 aromatic carbocycles. The largest absolute Gasteiger partial charge is 0.478 e. The topological polar surface area (TPSA) is 63.1 Å². The minimum Gasteiger partial charge on any atom is -0.478 e. The summed E-state index contributed by atoms with van der Waals surface area (Å²) in [5.41, 5.74) is 4.51. The average Bonchev–Trinajstić information content (AvgIpc) is 2.37. The van der Waals surface area contributed by atoms with E-state index in [4.69, 9.17) is 0 Å². The summed E-state index contributed by atoms with van der Waals surface area (Å²) < 4.78 is 0. The summed E-state index contributed by atoms with van der Waals surface area (Å²) in [6.07, 6.45) is 4.12. The monoisotopic (exact) mass is 242 g/mol. The standard InChI is InChI=1S/C14H14N2O2/c1-8-6-7-9(14(17)18)13-12(8)15-10-4-2-3-5-11(10)16-13/h6-7H,2-5H2,1H3,(H,17,18). The Morgan fingerprint density at radius 1 is 1.11 bits per heavy atom. The van der Waals surface area contributed by atoms with Crippen molar-refractivity contribution < 1.29 is 9.90 Å². The maximum Gasteiger partial charge on any atom is 0.337 e. The van der Waals surface area contributed by atoms with Crippen LogP contribution >= 0.6 is 0 Å². The molecule has 0 atom stereocenters. The van der Waals surface area contributed by atoms with E-state index < -0.39 is 5.97 Å². The molecule has 0 bridgehead atoms. The van der Waals surface area contributed by atoms with Crippen LogP contribution in [0.4, 0.5) is 0 Å². The molecule has 0 aliphatic heterocycles. The number of carboxylic acids is 1. The third-order valence-electron chi connectivity index (χ3n) is 3.49. The molecule has 1 aliphatic rings. The maximum atomic E-state index is 11.2. The summed E-state index contributed by atoms with van der Waals surface area (Å²) in [7, 11) is 0. The Labute approximate surface area is 105 Å². The Morgan fingerprint density at radius 2 is 1.72 bits per heavy atom. The lowest BCUT2D eigenvalue weighted by Gasteiger charge is -2.15. The molecule has 0 amide bonds. The summed E-state index contributed by atoms with van der Waals surface area (Å²) in [5, 5.41) is 9.21. The second-order valence-electron chi connectivity index (χ2n) is 4.76. The van der Waals surface area contributed by atoms with E-state index in [2.05, 4.69) is 9.97 Å². The highest BCUT2D eigenvalue weighted by molar-refractivity contribution is 6.01. The molecule has 92 valence electrons. The van der Waals surface area contributed by atoms with Gasteiger partial charge in [-0.3, -0.25) is 0 Å². The maximum absolute atomic E-state index is 11.2. The molecule has 0 spiro atoms. The highest BCUT2D eigenvalue weighted by atomic mass is 16.4. The third-order valence-corrected chi connectivity index (χ3v) is 3.49. The molecule has 0 radical (unpaired) electrons. The highest BCUT2D eigenvalue weighted by Crippen LogP contribution is 2.25. The van der Waals surface area contributed by atoms with Gasteiger partial charge >= 0.3 is 5.97 Å². The second-order valence-corrected chi connectivity index (χ2v) is 4.76. The summed E-state index contributed by atoms with van der Waals surface area (Å²) in [4.78, 5) is 20.4. The molecule has 1 aliphatic carbocycles. The van der Waals surface area contributed by atoms with Gasteiger partial charge in [-0.05, 0) is 44.2 Å². The number of carbonyl (C=O) groups is 1. The van der Waals surface area contributed by atoms with Gasteiger partial charge in [-0.25, -0.2) is 14.8 Å². The van der Waals surface area contributed by atoms with Gasteiger partial charge in [-0.1, -0.05) is 6.07 Å². The summed E-state index contributed by atoms with van der Waals surface area (Å²) in [6, 6.07) is 3.42. The first-order valence-electron chi connectivity index (χ1n) is 6.19. The van der Waals surface area contributed by atoms with E-state index in [1.807, 2.05) is 6.92 Å². The number of aryl methyl sites for hydroxylation is 3. The van der Waals surface area contributed by atoms with Crippen LogP contribution in [0.25, 0.3) is 11.0 Å². The molecule has 0 saturated carbocycles. The molecule has 0 fully saturated rings. The highest BCUT2D eigenvalue weighted by Gasteiger charge is 2.18. The number of carboxylic acid groups (broad SMARTS) is 1. The van der Waals surface area contributed by atoms with Crippen molar-refractivity contribution in [1.29, 1.82) is 0 Å². The number of nitrogens with zero attached hydrogens (tertiary/aromatic N) is 2. The fraction of sp³-hybridized carbons (Fsp3) is 0.357. The number of aromatic nitrogens is 2. The van der Waals surface area contributed by atoms with Crippen molar-refractivity contribution in [3.63, 3.8) is 0 Å². The quantitative estimate of drug-likeness (QED) is 0.834. The number of hydrogen-bond acceptors (Lipinski definition) is 3. The van der Waals surface area contributed by atoms with E-state index in [0.29, 0.717) is 5.52 Å². The molecule has 0 unspecified atom stereocenters. The number of fused-ring (bicyclic) bond motifs is 2. The van der Waals surface area contributed by atoms with Crippen LogP contribution in [-0.4, -0.2) is 21.0 Å².